The predicted molar refractivity (Wildman–Crippen MR) is 94.6 cm³/mol. The highest BCUT2D eigenvalue weighted by Gasteiger charge is 2.17. The van der Waals surface area contributed by atoms with Gasteiger partial charge in [-0.1, -0.05) is 23.8 Å². The Hall–Kier alpha value is -2.88. The molecule has 0 bridgehead atoms. The number of hydrogen-bond acceptors (Lipinski definition) is 3. The van der Waals surface area contributed by atoms with Crippen LogP contribution >= 0.6 is 0 Å². The Morgan fingerprint density at radius 1 is 1.12 bits per heavy atom. The summed E-state index contributed by atoms with van der Waals surface area (Å²) in [5, 5.41) is 2.71. The first kappa shape index (κ1) is 16.0. The van der Waals surface area contributed by atoms with Gasteiger partial charge in [-0.15, -0.1) is 0 Å². The second-order valence-electron chi connectivity index (χ2n) is 6.06. The fourth-order valence-corrected chi connectivity index (χ4v) is 2.95. The van der Waals surface area contributed by atoms with E-state index in [9.17, 15) is 9.59 Å². The Labute approximate surface area is 141 Å². The van der Waals surface area contributed by atoms with E-state index in [4.69, 9.17) is 4.74 Å². The SMILES string of the molecule is Cc1cc(C)c(/C=C/C(=O)c2ccc3c(c2)NC(=O)CO3)c(C)c1. The van der Waals surface area contributed by atoms with Crippen LogP contribution in [-0.2, 0) is 4.79 Å². The molecule has 0 atom stereocenters. The molecule has 1 amide bonds. The molecule has 1 aliphatic heterocycles. The Balaban J connectivity index is 1.85. The van der Waals surface area contributed by atoms with E-state index in [1.807, 2.05) is 19.9 Å². The molecule has 0 saturated heterocycles. The molecule has 24 heavy (non-hydrogen) atoms. The third-order valence-corrected chi connectivity index (χ3v) is 4.04. The minimum atomic E-state index is -0.214. The lowest BCUT2D eigenvalue weighted by Gasteiger charge is -2.18. The van der Waals surface area contributed by atoms with Crippen molar-refractivity contribution < 1.29 is 14.3 Å². The van der Waals surface area contributed by atoms with Crippen LogP contribution in [0.25, 0.3) is 6.08 Å². The minimum absolute atomic E-state index is 0.00612. The third-order valence-electron chi connectivity index (χ3n) is 4.04. The third kappa shape index (κ3) is 3.23. The maximum atomic E-state index is 12.4. The lowest BCUT2D eigenvalue weighted by Crippen LogP contribution is -2.25. The average Bonchev–Trinajstić information content (AvgIpc) is 2.52. The molecule has 0 fully saturated rings. The summed E-state index contributed by atoms with van der Waals surface area (Å²) in [7, 11) is 0. The van der Waals surface area contributed by atoms with E-state index in [2.05, 4.69) is 24.4 Å². The second-order valence-corrected chi connectivity index (χ2v) is 6.06. The number of ketones is 1. The first-order valence-electron chi connectivity index (χ1n) is 7.81. The molecule has 4 heteroatoms. The second kappa shape index (κ2) is 6.32. The Morgan fingerprint density at radius 3 is 2.54 bits per heavy atom. The number of allylic oxidation sites excluding steroid dienone is 1. The van der Waals surface area contributed by atoms with Gasteiger partial charge in [0.15, 0.2) is 12.4 Å². The molecule has 3 rings (SSSR count). The fourth-order valence-electron chi connectivity index (χ4n) is 2.95. The maximum absolute atomic E-state index is 12.4. The number of benzene rings is 2. The highest BCUT2D eigenvalue weighted by Crippen LogP contribution is 2.28. The van der Waals surface area contributed by atoms with Crippen molar-refractivity contribution in [1.29, 1.82) is 0 Å². The Morgan fingerprint density at radius 2 is 1.83 bits per heavy atom. The molecule has 1 N–H and O–H groups in total. The number of hydrogen-bond donors (Lipinski definition) is 1. The van der Waals surface area contributed by atoms with Gasteiger partial charge in [-0.3, -0.25) is 9.59 Å². The summed E-state index contributed by atoms with van der Waals surface area (Å²) < 4.78 is 5.30. The van der Waals surface area contributed by atoms with Gasteiger partial charge in [0.05, 0.1) is 5.69 Å². The molecule has 0 aromatic heterocycles. The van der Waals surface area contributed by atoms with E-state index < -0.39 is 0 Å². The van der Waals surface area contributed by atoms with Gasteiger partial charge in [-0.25, -0.2) is 0 Å². The van der Waals surface area contributed by atoms with Gasteiger partial charge in [0.25, 0.3) is 5.91 Å². The van der Waals surface area contributed by atoms with Gasteiger partial charge >= 0.3 is 0 Å². The molecule has 0 radical (unpaired) electrons. The van der Waals surface area contributed by atoms with Crippen molar-refractivity contribution in [3.63, 3.8) is 0 Å². The smallest absolute Gasteiger partial charge is 0.262 e. The number of rotatable bonds is 3. The highest BCUT2D eigenvalue weighted by molar-refractivity contribution is 6.08. The largest absolute Gasteiger partial charge is 0.482 e. The van der Waals surface area contributed by atoms with Crippen LogP contribution in [0.1, 0.15) is 32.6 Å². The van der Waals surface area contributed by atoms with Gasteiger partial charge < -0.3 is 10.1 Å². The van der Waals surface area contributed by atoms with Gasteiger partial charge in [0, 0.05) is 5.56 Å². The van der Waals surface area contributed by atoms with Gasteiger partial charge in [-0.2, -0.15) is 0 Å². The number of nitrogens with one attached hydrogen (secondary N) is 1. The monoisotopic (exact) mass is 321 g/mol. The molecule has 0 aliphatic carbocycles. The molecule has 122 valence electrons. The van der Waals surface area contributed by atoms with Crippen molar-refractivity contribution in [2.24, 2.45) is 0 Å². The first-order valence-corrected chi connectivity index (χ1v) is 7.81. The quantitative estimate of drug-likeness (QED) is 0.690. The van der Waals surface area contributed by atoms with Gasteiger partial charge in [-0.05, 0) is 61.7 Å². The summed E-state index contributed by atoms with van der Waals surface area (Å²) in [4.78, 5) is 23.8. The van der Waals surface area contributed by atoms with Crippen molar-refractivity contribution in [2.45, 2.75) is 20.8 Å². The van der Waals surface area contributed by atoms with Crippen LogP contribution in [0.2, 0.25) is 0 Å². The van der Waals surface area contributed by atoms with Crippen LogP contribution in [-0.4, -0.2) is 18.3 Å². The highest BCUT2D eigenvalue weighted by atomic mass is 16.5. The van der Waals surface area contributed by atoms with Crippen LogP contribution in [0.3, 0.4) is 0 Å². The molecule has 2 aromatic carbocycles. The summed E-state index contributed by atoms with van der Waals surface area (Å²) in [6.07, 6.45) is 3.42. The molecule has 4 nitrogen and oxygen atoms in total. The number of amides is 1. The maximum Gasteiger partial charge on any atom is 0.262 e. The Kier molecular flexibility index (Phi) is 4.21. The van der Waals surface area contributed by atoms with Crippen LogP contribution in [0.5, 0.6) is 5.75 Å². The minimum Gasteiger partial charge on any atom is -0.482 e. The number of fused-ring (bicyclic) bond motifs is 1. The molecule has 1 aliphatic rings. The van der Waals surface area contributed by atoms with E-state index in [-0.39, 0.29) is 18.3 Å². The molecular weight excluding hydrogens is 302 g/mol. The number of carbonyl (C=O) groups excluding carboxylic acids is 2. The van der Waals surface area contributed by atoms with E-state index in [0.29, 0.717) is 17.0 Å². The summed E-state index contributed by atoms with van der Waals surface area (Å²) in [5.74, 6) is 0.255. The van der Waals surface area contributed by atoms with Crippen LogP contribution < -0.4 is 10.1 Å². The first-order chi connectivity index (χ1) is 11.4. The molecular formula is C20H19NO3. The van der Waals surface area contributed by atoms with Crippen LogP contribution in [0.15, 0.2) is 36.4 Å². The van der Waals surface area contributed by atoms with Crippen LogP contribution in [0.4, 0.5) is 5.69 Å². The number of ether oxygens (including phenoxy) is 1. The van der Waals surface area contributed by atoms with Crippen molar-refractivity contribution in [3.05, 3.63) is 64.2 Å². The molecule has 2 aromatic rings. The zero-order valence-corrected chi connectivity index (χ0v) is 14.0. The van der Waals surface area contributed by atoms with E-state index in [1.165, 1.54) is 5.56 Å². The molecule has 0 spiro atoms. The van der Waals surface area contributed by atoms with Gasteiger partial charge in [0.2, 0.25) is 0 Å². The number of aryl methyl sites for hydroxylation is 3. The normalized spacial score (nSPS) is 13.4. The summed E-state index contributed by atoms with van der Waals surface area (Å²) in [6.45, 7) is 6.14. The summed E-state index contributed by atoms with van der Waals surface area (Å²) in [5.41, 5.74) is 5.60. The standard InChI is InChI=1S/C20H19NO3/c1-12-8-13(2)16(14(3)9-12)5-6-18(22)15-4-7-19-17(10-15)21-20(23)11-24-19/h4-10H,11H2,1-3H3,(H,21,23)/b6-5+. The number of carbonyl (C=O) groups is 2. The molecule has 1 heterocycles. The zero-order chi connectivity index (χ0) is 17.3. The predicted octanol–water partition coefficient (Wildman–Crippen LogP) is 3.84. The Bertz CT molecular complexity index is 842. The summed E-state index contributed by atoms with van der Waals surface area (Å²) in [6, 6.07) is 9.26. The fraction of sp³-hybridized carbons (Fsp3) is 0.200. The van der Waals surface area contributed by atoms with Crippen LogP contribution in [0, 0.1) is 20.8 Å². The molecule has 0 unspecified atom stereocenters. The summed E-state index contributed by atoms with van der Waals surface area (Å²) >= 11 is 0. The van der Waals surface area contributed by atoms with Crippen molar-refractivity contribution in [1.82, 2.24) is 0 Å². The zero-order valence-electron chi connectivity index (χ0n) is 14.0. The lowest BCUT2D eigenvalue weighted by atomic mass is 9.98. The van der Waals surface area contributed by atoms with Gasteiger partial charge in [0.1, 0.15) is 5.75 Å². The van der Waals surface area contributed by atoms with E-state index in [0.717, 1.165) is 16.7 Å². The van der Waals surface area contributed by atoms with Crippen molar-refractivity contribution >= 4 is 23.5 Å². The topological polar surface area (TPSA) is 55.4 Å². The lowest BCUT2D eigenvalue weighted by molar-refractivity contribution is -0.118. The van der Waals surface area contributed by atoms with E-state index in [1.54, 1.807) is 24.3 Å². The molecule has 0 saturated carbocycles. The van der Waals surface area contributed by atoms with Crippen molar-refractivity contribution in [3.8, 4) is 5.75 Å². The van der Waals surface area contributed by atoms with E-state index >= 15 is 0 Å². The number of anilines is 1. The average molecular weight is 321 g/mol. The van der Waals surface area contributed by atoms with Crippen molar-refractivity contribution in [2.75, 3.05) is 11.9 Å².